The minimum atomic E-state index is -0.897. The maximum Gasteiger partial charge on any atom is 0.308 e. The molecule has 0 aromatic heterocycles. The molecule has 0 rings (SSSR count). The predicted octanol–water partition coefficient (Wildman–Crippen LogP) is 0.982. The first-order chi connectivity index (χ1) is 7.49. The third kappa shape index (κ3) is 6.40. The second-order valence-corrected chi connectivity index (χ2v) is 3.92. The van der Waals surface area contributed by atoms with Gasteiger partial charge < -0.3 is 14.7 Å². The zero-order valence-electron chi connectivity index (χ0n) is 10.2. The zero-order chi connectivity index (χ0) is 12.6. The number of hydrogen-bond donors (Lipinski definition) is 1. The summed E-state index contributed by atoms with van der Waals surface area (Å²) >= 11 is 0. The molecule has 0 saturated carbocycles. The maximum absolute atomic E-state index is 11.5. The van der Waals surface area contributed by atoms with E-state index in [2.05, 4.69) is 0 Å². The number of aliphatic carboxylic acids is 1. The molecule has 0 aliphatic rings. The van der Waals surface area contributed by atoms with Crippen LogP contribution in [0.3, 0.4) is 0 Å². The van der Waals surface area contributed by atoms with Crippen molar-refractivity contribution in [2.24, 2.45) is 5.92 Å². The van der Waals surface area contributed by atoms with Gasteiger partial charge in [-0.2, -0.15) is 0 Å². The van der Waals surface area contributed by atoms with Crippen molar-refractivity contribution in [2.45, 2.75) is 26.7 Å². The molecule has 1 amide bonds. The number of carbonyl (C=O) groups is 2. The van der Waals surface area contributed by atoms with E-state index in [-0.39, 0.29) is 19.1 Å². The Labute approximate surface area is 96.4 Å². The van der Waals surface area contributed by atoms with E-state index in [1.807, 2.05) is 6.92 Å². The van der Waals surface area contributed by atoms with E-state index in [0.717, 1.165) is 12.8 Å². The number of carboxylic acid groups (broad SMARTS) is 1. The van der Waals surface area contributed by atoms with Crippen LogP contribution >= 0.6 is 0 Å². The van der Waals surface area contributed by atoms with Gasteiger partial charge in [-0.1, -0.05) is 20.3 Å². The predicted molar refractivity (Wildman–Crippen MR) is 60.2 cm³/mol. The van der Waals surface area contributed by atoms with E-state index in [9.17, 15) is 9.59 Å². The molecule has 0 aromatic carbocycles. The lowest BCUT2D eigenvalue weighted by atomic mass is 10.2. The largest absolute Gasteiger partial charge is 0.481 e. The molecular formula is C11H21NO4. The van der Waals surface area contributed by atoms with Crippen LogP contribution in [0.25, 0.3) is 0 Å². The van der Waals surface area contributed by atoms with Gasteiger partial charge >= 0.3 is 5.97 Å². The number of amides is 1. The van der Waals surface area contributed by atoms with Gasteiger partial charge in [0.25, 0.3) is 0 Å². The topological polar surface area (TPSA) is 66.8 Å². The Morgan fingerprint density at radius 1 is 1.44 bits per heavy atom. The number of rotatable bonds is 8. The van der Waals surface area contributed by atoms with Crippen LogP contribution in [0.5, 0.6) is 0 Å². The van der Waals surface area contributed by atoms with Crippen LogP contribution in [-0.4, -0.2) is 48.7 Å². The first-order valence-electron chi connectivity index (χ1n) is 5.53. The van der Waals surface area contributed by atoms with Crippen molar-refractivity contribution in [3.8, 4) is 0 Å². The number of carboxylic acids is 1. The first kappa shape index (κ1) is 14.9. The van der Waals surface area contributed by atoms with Gasteiger partial charge in [-0.05, 0) is 6.42 Å². The Kier molecular flexibility index (Phi) is 7.54. The number of nitrogens with zero attached hydrogens (tertiary/aromatic N) is 1. The summed E-state index contributed by atoms with van der Waals surface area (Å²) in [7, 11) is 1.59. The van der Waals surface area contributed by atoms with Gasteiger partial charge in [-0.3, -0.25) is 9.59 Å². The smallest absolute Gasteiger partial charge is 0.308 e. The standard InChI is InChI=1S/C11H21NO4/c1-4-5-6-16-8-10(13)12(3)7-9(2)11(14)15/h9H,4-8H2,1-3H3,(H,14,15). The molecular weight excluding hydrogens is 210 g/mol. The van der Waals surface area contributed by atoms with Gasteiger partial charge in [0.15, 0.2) is 0 Å². The van der Waals surface area contributed by atoms with E-state index in [4.69, 9.17) is 9.84 Å². The lowest BCUT2D eigenvalue weighted by Crippen LogP contribution is -2.36. The summed E-state index contributed by atoms with van der Waals surface area (Å²) in [6, 6.07) is 0. The summed E-state index contributed by atoms with van der Waals surface area (Å²) in [6.45, 7) is 4.44. The molecule has 0 aliphatic carbocycles. The van der Waals surface area contributed by atoms with Crippen molar-refractivity contribution < 1.29 is 19.4 Å². The van der Waals surface area contributed by atoms with E-state index in [1.54, 1.807) is 14.0 Å². The van der Waals surface area contributed by atoms with Gasteiger partial charge in [-0.15, -0.1) is 0 Å². The minimum Gasteiger partial charge on any atom is -0.481 e. The van der Waals surface area contributed by atoms with Crippen LogP contribution in [0, 0.1) is 5.92 Å². The minimum absolute atomic E-state index is 0.0306. The maximum atomic E-state index is 11.5. The van der Waals surface area contributed by atoms with Gasteiger partial charge in [-0.25, -0.2) is 0 Å². The van der Waals surface area contributed by atoms with Crippen molar-refractivity contribution in [2.75, 3.05) is 26.8 Å². The van der Waals surface area contributed by atoms with E-state index in [1.165, 1.54) is 4.90 Å². The molecule has 5 nitrogen and oxygen atoms in total. The summed E-state index contributed by atoms with van der Waals surface area (Å²) in [4.78, 5) is 23.5. The van der Waals surface area contributed by atoms with Crippen molar-refractivity contribution in [1.82, 2.24) is 4.90 Å². The highest BCUT2D eigenvalue weighted by Crippen LogP contribution is 1.99. The van der Waals surface area contributed by atoms with Gasteiger partial charge in [0, 0.05) is 20.2 Å². The first-order valence-corrected chi connectivity index (χ1v) is 5.53. The molecule has 5 heteroatoms. The molecule has 0 aliphatic heterocycles. The molecule has 0 spiro atoms. The lowest BCUT2D eigenvalue weighted by Gasteiger charge is -2.19. The molecule has 0 fully saturated rings. The SMILES string of the molecule is CCCCOCC(=O)N(C)CC(C)C(=O)O. The second-order valence-electron chi connectivity index (χ2n) is 3.92. The molecule has 0 aromatic rings. The average molecular weight is 231 g/mol. The zero-order valence-corrected chi connectivity index (χ0v) is 10.2. The average Bonchev–Trinajstić information content (AvgIpc) is 2.23. The third-order valence-corrected chi connectivity index (χ3v) is 2.26. The Hall–Kier alpha value is -1.10. The molecule has 1 unspecified atom stereocenters. The highest BCUT2D eigenvalue weighted by molar-refractivity contribution is 5.78. The lowest BCUT2D eigenvalue weighted by molar-refractivity contribution is -0.143. The fourth-order valence-electron chi connectivity index (χ4n) is 1.11. The normalized spacial score (nSPS) is 12.2. The Balaban J connectivity index is 3.77. The third-order valence-electron chi connectivity index (χ3n) is 2.26. The molecule has 94 valence electrons. The number of carbonyl (C=O) groups excluding carboxylic acids is 1. The summed E-state index contributed by atoms with van der Waals surface area (Å²) in [5, 5.41) is 8.69. The van der Waals surface area contributed by atoms with E-state index >= 15 is 0 Å². The molecule has 0 bridgehead atoms. The molecule has 0 saturated heterocycles. The monoisotopic (exact) mass is 231 g/mol. The van der Waals surface area contributed by atoms with Crippen LogP contribution in [0.2, 0.25) is 0 Å². The van der Waals surface area contributed by atoms with Crippen LogP contribution in [0.15, 0.2) is 0 Å². The number of unbranched alkanes of at least 4 members (excludes halogenated alkanes) is 1. The molecule has 1 N–H and O–H groups in total. The quantitative estimate of drug-likeness (QED) is 0.632. The second kappa shape index (κ2) is 8.10. The molecule has 0 heterocycles. The van der Waals surface area contributed by atoms with Gasteiger partial charge in [0.2, 0.25) is 5.91 Å². The van der Waals surface area contributed by atoms with Gasteiger partial charge in [0.1, 0.15) is 6.61 Å². The Morgan fingerprint density at radius 2 is 2.06 bits per heavy atom. The van der Waals surface area contributed by atoms with Crippen LogP contribution in [0.4, 0.5) is 0 Å². The number of hydrogen-bond acceptors (Lipinski definition) is 3. The highest BCUT2D eigenvalue weighted by atomic mass is 16.5. The summed E-state index contributed by atoms with van der Waals surface area (Å²) in [5.74, 6) is -1.62. The van der Waals surface area contributed by atoms with Crippen molar-refractivity contribution in [1.29, 1.82) is 0 Å². The highest BCUT2D eigenvalue weighted by Gasteiger charge is 2.17. The van der Waals surface area contributed by atoms with Gasteiger partial charge in [0.05, 0.1) is 5.92 Å². The van der Waals surface area contributed by atoms with Crippen LogP contribution in [0.1, 0.15) is 26.7 Å². The number of ether oxygens (including phenoxy) is 1. The van der Waals surface area contributed by atoms with Crippen molar-refractivity contribution >= 4 is 11.9 Å². The van der Waals surface area contributed by atoms with E-state index in [0.29, 0.717) is 6.61 Å². The molecule has 0 radical (unpaired) electrons. The fraction of sp³-hybridized carbons (Fsp3) is 0.818. The summed E-state index contributed by atoms with van der Waals surface area (Å²) in [5.41, 5.74) is 0. The van der Waals surface area contributed by atoms with Crippen molar-refractivity contribution in [3.05, 3.63) is 0 Å². The Morgan fingerprint density at radius 3 is 2.56 bits per heavy atom. The molecule has 16 heavy (non-hydrogen) atoms. The summed E-state index contributed by atoms with van der Waals surface area (Å²) < 4.78 is 5.16. The van der Waals surface area contributed by atoms with Crippen molar-refractivity contribution in [3.63, 3.8) is 0 Å². The molecule has 1 atom stereocenters. The Bertz CT molecular complexity index is 230. The van der Waals surface area contributed by atoms with E-state index < -0.39 is 11.9 Å². The van der Waals surface area contributed by atoms with Crippen LogP contribution in [-0.2, 0) is 14.3 Å². The number of likely N-dealkylation sites (N-methyl/N-ethyl adjacent to an activating group) is 1. The fourth-order valence-corrected chi connectivity index (χ4v) is 1.11. The summed E-state index contributed by atoms with van der Waals surface area (Å²) in [6.07, 6.45) is 1.96. The van der Waals surface area contributed by atoms with Crippen LogP contribution < -0.4 is 0 Å².